The van der Waals surface area contributed by atoms with Crippen LogP contribution in [0.1, 0.15) is 44.9 Å². The van der Waals surface area contributed by atoms with Crippen molar-refractivity contribution >= 4 is 0 Å². The fourth-order valence-electron chi connectivity index (χ4n) is 3.34. The first kappa shape index (κ1) is 14.3. The van der Waals surface area contributed by atoms with Gasteiger partial charge in [0.25, 0.3) is 0 Å². The Bertz CT molecular complexity index is 217. The predicted molar refractivity (Wildman–Crippen MR) is 75.9 cm³/mol. The van der Waals surface area contributed by atoms with Gasteiger partial charge in [-0.25, -0.2) is 0 Å². The lowest BCUT2D eigenvalue weighted by Crippen LogP contribution is -2.42. The fraction of sp³-hybridized carbons (Fsp3) is 1.00. The van der Waals surface area contributed by atoms with Crippen LogP contribution in [0.4, 0.5) is 0 Å². The molecule has 1 saturated carbocycles. The molecule has 2 aliphatic rings. The molecule has 18 heavy (non-hydrogen) atoms. The number of nitrogens with zero attached hydrogens (tertiary/aromatic N) is 1. The van der Waals surface area contributed by atoms with Gasteiger partial charge in [-0.3, -0.25) is 4.90 Å². The standard InChI is InChI=1S/C15H30N2O/c1-18-15-8-5-10-17(13-15)11-9-16-12-14-6-3-2-4-7-14/h14-16H,2-13H2,1H3. The van der Waals surface area contributed by atoms with E-state index >= 15 is 0 Å². The van der Waals surface area contributed by atoms with Crippen molar-refractivity contribution in [3.8, 4) is 0 Å². The van der Waals surface area contributed by atoms with Crippen LogP contribution in [0.2, 0.25) is 0 Å². The number of likely N-dealkylation sites (tertiary alicyclic amines) is 1. The summed E-state index contributed by atoms with van der Waals surface area (Å²) in [7, 11) is 1.84. The third-order valence-corrected chi connectivity index (χ3v) is 4.56. The largest absolute Gasteiger partial charge is 0.380 e. The van der Waals surface area contributed by atoms with E-state index in [0.717, 1.165) is 19.0 Å². The fourth-order valence-corrected chi connectivity index (χ4v) is 3.34. The van der Waals surface area contributed by atoms with E-state index in [0.29, 0.717) is 6.10 Å². The van der Waals surface area contributed by atoms with E-state index in [2.05, 4.69) is 10.2 Å². The van der Waals surface area contributed by atoms with Gasteiger partial charge in [-0.2, -0.15) is 0 Å². The van der Waals surface area contributed by atoms with E-state index in [-0.39, 0.29) is 0 Å². The number of methoxy groups -OCH3 is 1. The highest BCUT2D eigenvalue weighted by atomic mass is 16.5. The molecule has 1 heterocycles. The van der Waals surface area contributed by atoms with Gasteiger partial charge in [0.2, 0.25) is 0 Å². The molecule has 1 saturated heterocycles. The molecule has 1 aliphatic heterocycles. The van der Waals surface area contributed by atoms with Crippen molar-refractivity contribution < 1.29 is 4.74 Å². The molecule has 2 fully saturated rings. The van der Waals surface area contributed by atoms with E-state index in [1.807, 2.05) is 7.11 Å². The van der Waals surface area contributed by atoms with Crippen LogP contribution >= 0.6 is 0 Å². The van der Waals surface area contributed by atoms with Crippen molar-refractivity contribution in [1.82, 2.24) is 10.2 Å². The SMILES string of the molecule is COC1CCCN(CCNCC2CCCCC2)C1. The molecule has 0 amide bonds. The summed E-state index contributed by atoms with van der Waals surface area (Å²) in [6.45, 7) is 5.95. The van der Waals surface area contributed by atoms with Crippen molar-refractivity contribution in [2.45, 2.75) is 51.0 Å². The molecule has 0 aromatic heterocycles. The molecule has 1 unspecified atom stereocenters. The van der Waals surface area contributed by atoms with E-state index < -0.39 is 0 Å². The number of nitrogens with one attached hydrogen (secondary N) is 1. The summed E-state index contributed by atoms with van der Waals surface area (Å²) in [5.74, 6) is 0.951. The van der Waals surface area contributed by atoms with Crippen LogP contribution in [0.5, 0.6) is 0 Å². The highest BCUT2D eigenvalue weighted by Gasteiger charge is 2.19. The van der Waals surface area contributed by atoms with Gasteiger partial charge in [0, 0.05) is 26.7 Å². The van der Waals surface area contributed by atoms with Crippen molar-refractivity contribution in [2.24, 2.45) is 5.92 Å². The highest BCUT2D eigenvalue weighted by Crippen LogP contribution is 2.22. The summed E-state index contributed by atoms with van der Waals surface area (Å²) in [6.07, 6.45) is 10.3. The Labute approximate surface area is 112 Å². The number of rotatable bonds is 6. The van der Waals surface area contributed by atoms with Gasteiger partial charge in [-0.05, 0) is 44.7 Å². The molecule has 0 aromatic carbocycles. The lowest BCUT2D eigenvalue weighted by Gasteiger charge is -2.32. The average molecular weight is 254 g/mol. The Morgan fingerprint density at radius 2 is 1.94 bits per heavy atom. The molecule has 1 aliphatic carbocycles. The zero-order valence-electron chi connectivity index (χ0n) is 12.0. The molecule has 1 atom stereocenters. The highest BCUT2D eigenvalue weighted by molar-refractivity contribution is 4.74. The first-order valence-corrected chi connectivity index (χ1v) is 7.84. The summed E-state index contributed by atoms with van der Waals surface area (Å²) in [4.78, 5) is 2.55. The molecule has 3 heteroatoms. The van der Waals surface area contributed by atoms with Crippen LogP contribution in [-0.2, 0) is 4.74 Å². The van der Waals surface area contributed by atoms with Gasteiger partial charge in [0.05, 0.1) is 6.10 Å². The van der Waals surface area contributed by atoms with Gasteiger partial charge in [-0.15, -0.1) is 0 Å². The van der Waals surface area contributed by atoms with Crippen LogP contribution in [0.25, 0.3) is 0 Å². The summed E-state index contributed by atoms with van der Waals surface area (Å²) >= 11 is 0. The summed E-state index contributed by atoms with van der Waals surface area (Å²) < 4.78 is 5.46. The molecule has 106 valence electrons. The first-order chi connectivity index (χ1) is 8.88. The zero-order valence-corrected chi connectivity index (χ0v) is 12.0. The van der Waals surface area contributed by atoms with E-state index in [1.54, 1.807) is 0 Å². The Morgan fingerprint density at radius 1 is 1.11 bits per heavy atom. The summed E-state index contributed by atoms with van der Waals surface area (Å²) in [5, 5.41) is 3.65. The summed E-state index contributed by atoms with van der Waals surface area (Å²) in [6, 6.07) is 0. The molecule has 0 radical (unpaired) electrons. The molecule has 2 rings (SSSR count). The van der Waals surface area contributed by atoms with Crippen LogP contribution in [0.15, 0.2) is 0 Å². The number of hydrogen-bond acceptors (Lipinski definition) is 3. The second-order valence-corrected chi connectivity index (χ2v) is 6.01. The van der Waals surface area contributed by atoms with Crippen molar-refractivity contribution in [3.63, 3.8) is 0 Å². The smallest absolute Gasteiger partial charge is 0.0698 e. The van der Waals surface area contributed by atoms with E-state index in [1.165, 1.54) is 64.6 Å². The Balaban J connectivity index is 1.52. The third kappa shape index (κ3) is 4.87. The maximum atomic E-state index is 5.46. The number of hydrogen-bond donors (Lipinski definition) is 1. The number of piperidine rings is 1. The van der Waals surface area contributed by atoms with Gasteiger partial charge >= 0.3 is 0 Å². The maximum absolute atomic E-state index is 5.46. The molecular weight excluding hydrogens is 224 g/mol. The minimum atomic E-state index is 0.470. The predicted octanol–water partition coefficient (Wildman–Crippen LogP) is 2.27. The second-order valence-electron chi connectivity index (χ2n) is 6.01. The Morgan fingerprint density at radius 3 is 2.72 bits per heavy atom. The van der Waals surface area contributed by atoms with Crippen LogP contribution in [0, 0.1) is 5.92 Å². The third-order valence-electron chi connectivity index (χ3n) is 4.56. The van der Waals surface area contributed by atoms with Crippen molar-refractivity contribution in [3.05, 3.63) is 0 Å². The van der Waals surface area contributed by atoms with Gasteiger partial charge < -0.3 is 10.1 Å². The average Bonchev–Trinajstić information content (AvgIpc) is 2.45. The quantitative estimate of drug-likeness (QED) is 0.736. The topological polar surface area (TPSA) is 24.5 Å². The molecular formula is C15H30N2O. The van der Waals surface area contributed by atoms with Crippen LogP contribution in [0.3, 0.4) is 0 Å². The number of ether oxygens (including phenoxy) is 1. The molecule has 3 nitrogen and oxygen atoms in total. The van der Waals surface area contributed by atoms with Crippen LogP contribution in [-0.4, -0.2) is 50.8 Å². The van der Waals surface area contributed by atoms with Crippen LogP contribution < -0.4 is 5.32 Å². The van der Waals surface area contributed by atoms with E-state index in [9.17, 15) is 0 Å². The normalized spacial score (nSPS) is 27.5. The second kappa shape index (κ2) is 8.13. The monoisotopic (exact) mass is 254 g/mol. The van der Waals surface area contributed by atoms with Gasteiger partial charge in [-0.1, -0.05) is 19.3 Å². The van der Waals surface area contributed by atoms with Crippen molar-refractivity contribution in [1.29, 1.82) is 0 Å². The maximum Gasteiger partial charge on any atom is 0.0698 e. The minimum absolute atomic E-state index is 0.470. The van der Waals surface area contributed by atoms with Crippen molar-refractivity contribution in [2.75, 3.05) is 39.8 Å². The zero-order chi connectivity index (χ0) is 12.6. The van der Waals surface area contributed by atoms with Gasteiger partial charge in [0.15, 0.2) is 0 Å². The molecule has 1 N–H and O–H groups in total. The minimum Gasteiger partial charge on any atom is -0.380 e. The summed E-state index contributed by atoms with van der Waals surface area (Å²) in [5.41, 5.74) is 0. The first-order valence-electron chi connectivity index (χ1n) is 7.84. The Kier molecular flexibility index (Phi) is 6.46. The van der Waals surface area contributed by atoms with Gasteiger partial charge in [0.1, 0.15) is 0 Å². The molecule has 0 spiro atoms. The lowest BCUT2D eigenvalue weighted by atomic mass is 9.89. The van der Waals surface area contributed by atoms with E-state index in [4.69, 9.17) is 4.74 Å². The molecule has 0 aromatic rings. The molecule has 0 bridgehead atoms. The lowest BCUT2D eigenvalue weighted by molar-refractivity contribution is 0.0318. The Hall–Kier alpha value is -0.120.